The zero-order chi connectivity index (χ0) is 15.0. The first-order chi connectivity index (χ1) is 10.1. The van der Waals surface area contributed by atoms with Crippen LogP contribution in [0.15, 0.2) is 34.2 Å². The maximum atomic E-state index is 13.5. The number of hydrogen-bond donors (Lipinski definition) is 0. The zero-order valence-corrected chi connectivity index (χ0v) is 13.4. The van der Waals surface area contributed by atoms with Gasteiger partial charge in [0.05, 0.1) is 11.4 Å². The van der Waals surface area contributed by atoms with Crippen molar-refractivity contribution in [1.82, 2.24) is 9.55 Å². The van der Waals surface area contributed by atoms with Crippen molar-refractivity contribution in [2.45, 2.75) is 13.3 Å². The summed E-state index contributed by atoms with van der Waals surface area (Å²) in [7, 11) is 0. The van der Waals surface area contributed by atoms with Gasteiger partial charge in [0.15, 0.2) is 0 Å². The molecule has 3 rings (SSSR count). The first kappa shape index (κ1) is 14.2. The van der Waals surface area contributed by atoms with Crippen LogP contribution < -0.4 is 10.6 Å². The highest BCUT2D eigenvalue weighted by Crippen LogP contribution is 2.19. The molecular weight excluding hydrogens is 386 g/mol. The maximum absolute atomic E-state index is 13.5. The van der Waals surface area contributed by atoms with Gasteiger partial charge in [0.2, 0.25) is 5.82 Å². The van der Waals surface area contributed by atoms with Crippen LogP contribution in [0, 0.1) is 16.4 Å². The highest BCUT2D eigenvalue weighted by Gasteiger charge is 2.20. The lowest BCUT2D eigenvalue weighted by molar-refractivity contribution is 0.626. The zero-order valence-electron chi connectivity index (χ0n) is 11.3. The van der Waals surface area contributed by atoms with Gasteiger partial charge < -0.3 is 0 Å². The van der Waals surface area contributed by atoms with Crippen molar-refractivity contribution in [3.8, 4) is 5.69 Å². The molecule has 0 atom stereocenters. The summed E-state index contributed by atoms with van der Waals surface area (Å²) in [5.74, 6) is -0.115. The number of rotatable bonds is 2. The molecule has 0 amide bonds. The van der Waals surface area contributed by atoms with E-state index < -0.39 is 0 Å². The lowest BCUT2D eigenvalue weighted by atomic mass is 10.3. The molecule has 0 saturated carbocycles. The first-order valence-corrected chi connectivity index (χ1v) is 7.51. The van der Waals surface area contributed by atoms with E-state index >= 15 is 0 Å². The quantitative estimate of drug-likeness (QED) is 0.731. The molecule has 108 valence electrons. The Morgan fingerprint density at radius 1 is 1.38 bits per heavy atom. The summed E-state index contributed by atoms with van der Waals surface area (Å²) in [5, 5.41) is 5.73. The minimum Gasteiger partial charge on any atom is -0.267 e. The van der Waals surface area contributed by atoms with Crippen molar-refractivity contribution in [2.24, 2.45) is 5.10 Å². The van der Waals surface area contributed by atoms with Crippen LogP contribution >= 0.6 is 22.6 Å². The molecule has 2 aromatic rings. The van der Waals surface area contributed by atoms with Gasteiger partial charge in [-0.2, -0.15) is 5.10 Å². The predicted octanol–water partition coefficient (Wildman–Crippen LogP) is 2.48. The smallest absolute Gasteiger partial charge is 0.267 e. The largest absolute Gasteiger partial charge is 0.300 e. The van der Waals surface area contributed by atoms with Gasteiger partial charge in [-0.1, -0.05) is 6.07 Å². The summed E-state index contributed by atoms with van der Waals surface area (Å²) in [6.07, 6.45) is 2.53. The number of halogens is 2. The van der Waals surface area contributed by atoms with E-state index in [1.807, 2.05) is 29.5 Å². The summed E-state index contributed by atoms with van der Waals surface area (Å²) in [5.41, 5.74) is 0.894. The Morgan fingerprint density at radius 3 is 2.86 bits per heavy atom. The molecule has 0 aliphatic carbocycles. The van der Waals surface area contributed by atoms with Gasteiger partial charge in [0, 0.05) is 19.2 Å². The predicted molar refractivity (Wildman–Crippen MR) is 87.7 cm³/mol. The number of anilines is 1. The fourth-order valence-electron chi connectivity index (χ4n) is 2.17. The van der Waals surface area contributed by atoms with Crippen molar-refractivity contribution >= 4 is 34.6 Å². The van der Waals surface area contributed by atoms with Crippen molar-refractivity contribution in [1.29, 1.82) is 0 Å². The van der Waals surface area contributed by atoms with Crippen molar-refractivity contribution in [2.75, 3.05) is 11.6 Å². The highest BCUT2D eigenvalue weighted by atomic mass is 127. The molecule has 1 aromatic carbocycles. The Balaban J connectivity index is 2.24. The van der Waals surface area contributed by atoms with Crippen LogP contribution in [0.5, 0.6) is 0 Å². The van der Waals surface area contributed by atoms with Crippen LogP contribution in [0.2, 0.25) is 0 Å². The van der Waals surface area contributed by atoms with Crippen LogP contribution in [0.1, 0.15) is 12.1 Å². The Hall–Kier alpha value is -1.77. The molecule has 0 saturated heterocycles. The highest BCUT2D eigenvalue weighted by molar-refractivity contribution is 14.1. The van der Waals surface area contributed by atoms with E-state index in [2.05, 4.69) is 10.1 Å². The summed E-state index contributed by atoms with van der Waals surface area (Å²) >= 11 is 2.05. The Morgan fingerprint density at radius 2 is 2.19 bits per heavy atom. The van der Waals surface area contributed by atoms with Crippen molar-refractivity contribution in [3.05, 3.63) is 49.8 Å². The number of benzene rings is 1. The molecule has 1 aliphatic rings. The molecule has 0 radical (unpaired) electrons. The number of aromatic nitrogens is 2. The van der Waals surface area contributed by atoms with Crippen LogP contribution in [-0.4, -0.2) is 22.3 Å². The SMILES string of the molecule is Cc1nc(N2CCC=N2)c(=O)n(-c2cccc(F)c2)c1I. The van der Waals surface area contributed by atoms with Gasteiger partial charge in [-0.25, -0.2) is 14.4 Å². The summed E-state index contributed by atoms with van der Waals surface area (Å²) in [6.45, 7) is 2.45. The molecular formula is C14H12FIN4O. The van der Waals surface area contributed by atoms with E-state index in [0.717, 1.165) is 6.42 Å². The van der Waals surface area contributed by atoms with E-state index in [4.69, 9.17) is 0 Å². The third kappa shape index (κ3) is 2.57. The second kappa shape index (κ2) is 5.55. The minimum atomic E-state index is -0.384. The lowest BCUT2D eigenvalue weighted by Gasteiger charge is -2.17. The van der Waals surface area contributed by atoms with Gasteiger partial charge in [0.1, 0.15) is 9.52 Å². The molecule has 1 aromatic heterocycles. The second-order valence-electron chi connectivity index (χ2n) is 4.64. The molecule has 7 heteroatoms. The summed E-state index contributed by atoms with van der Waals surface area (Å²) < 4.78 is 15.6. The fourth-order valence-corrected chi connectivity index (χ4v) is 2.79. The topological polar surface area (TPSA) is 50.5 Å². The average Bonchev–Trinajstić information content (AvgIpc) is 2.97. The van der Waals surface area contributed by atoms with Crippen molar-refractivity contribution < 1.29 is 4.39 Å². The Kier molecular flexibility index (Phi) is 3.75. The van der Waals surface area contributed by atoms with Crippen LogP contribution in [0.4, 0.5) is 10.2 Å². The third-order valence-electron chi connectivity index (χ3n) is 3.16. The monoisotopic (exact) mass is 398 g/mol. The molecule has 21 heavy (non-hydrogen) atoms. The molecule has 0 spiro atoms. The molecule has 2 heterocycles. The standard InChI is InChI=1S/C14H12FIN4O/c1-9-12(16)20(11-5-2-4-10(15)8-11)14(21)13(18-9)19-7-3-6-17-19/h2,4-6,8H,3,7H2,1H3. The first-order valence-electron chi connectivity index (χ1n) is 6.43. The van der Waals surface area contributed by atoms with Gasteiger partial charge in [-0.05, 0) is 47.7 Å². The maximum Gasteiger partial charge on any atom is 0.300 e. The fraction of sp³-hybridized carbons (Fsp3) is 0.214. The van der Waals surface area contributed by atoms with E-state index in [1.165, 1.54) is 16.7 Å². The minimum absolute atomic E-state index is 0.269. The van der Waals surface area contributed by atoms with E-state index in [9.17, 15) is 9.18 Å². The number of nitrogens with zero attached hydrogens (tertiary/aromatic N) is 4. The van der Waals surface area contributed by atoms with Crippen LogP contribution in [-0.2, 0) is 0 Å². The Bertz CT molecular complexity index is 787. The summed E-state index contributed by atoms with van der Waals surface area (Å²) in [4.78, 5) is 17.0. The summed E-state index contributed by atoms with van der Waals surface area (Å²) in [6, 6.07) is 5.96. The van der Waals surface area contributed by atoms with Gasteiger partial charge in [-0.15, -0.1) is 0 Å². The average molecular weight is 398 g/mol. The number of hydrazone groups is 1. The van der Waals surface area contributed by atoms with Gasteiger partial charge in [0.25, 0.3) is 0 Å². The van der Waals surface area contributed by atoms with E-state index in [-0.39, 0.29) is 17.2 Å². The number of aryl methyl sites for hydroxylation is 1. The van der Waals surface area contributed by atoms with Crippen molar-refractivity contribution in [3.63, 3.8) is 0 Å². The molecule has 1 aliphatic heterocycles. The normalized spacial score (nSPS) is 14.0. The third-order valence-corrected chi connectivity index (χ3v) is 4.43. The van der Waals surface area contributed by atoms with E-state index in [0.29, 0.717) is 21.6 Å². The van der Waals surface area contributed by atoms with Crippen LogP contribution in [0.3, 0.4) is 0 Å². The van der Waals surface area contributed by atoms with Gasteiger partial charge >= 0.3 is 5.56 Å². The van der Waals surface area contributed by atoms with Gasteiger partial charge in [-0.3, -0.25) is 9.36 Å². The number of hydrogen-bond acceptors (Lipinski definition) is 4. The molecule has 0 bridgehead atoms. The lowest BCUT2D eigenvalue weighted by Crippen LogP contribution is -2.31. The van der Waals surface area contributed by atoms with E-state index in [1.54, 1.807) is 23.4 Å². The molecule has 0 N–H and O–H groups in total. The molecule has 0 unspecified atom stereocenters. The molecule has 0 fully saturated rings. The Labute approximate surface area is 134 Å². The van der Waals surface area contributed by atoms with Crippen LogP contribution in [0.25, 0.3) is 5.69 Å². The second-order valence-corrected chi connectivity index (χ2v) is 5.66. The molecule has 5 nitrogen and oxygen atoms in total.